The molecule has 6 heterocycles. The van der Waals surface area contributed by atoms with Gasteiger partial charge < -0.3 is 170 Å². The highest BCUT2D eigenvalue weighted by molar-refractivity contribution is 5.77. The molecule has 33 atom stereocenters. The van der Waals surface area contributed by atoms with Crippen molar-refractivity contribution in [2.45, 2.75) is 410 Å². The number of aliphatic hydroxyl groups excluding tert-OH is 18. The molecule has 0 aromatic rings. The number of hydrogen-bond donors (Lipinski definition) is 22. The van der Waals surface area contributed by atoms with Crippen LogP contribution in [0.25, 0.3) is 0 Å². The Bertz CT molecular complexity index is 2780. The van der Waals surface area contributed by atoms with Crippen molar-refractivity contribution in [3.63, 3.8) is 0 Å². The Hall–Kier alpha value is -3.58. The van der Waals surface area contributed by atoms with E-state index in [9.17, 15) is 116 Å². The minimum atomic E-state index is -3.27. The Balaban J connectivity index is 1.21. The van der Waals surface area contributed by atoms with E-state index in [1.807, 2.05) is 6.08 Å². The number of amides is 3. The zero-order valence-electron chi connectivity index (χ0n) is 67.0. The third-order valence-electron chi connectivity index (χ3n) is 22.2. The van der Waals surface area contributed by atoms with Crippen LogP contribution in [0.15, 0.2) is 12.2 Å². The minimum Gasteiger partial charge on any atom is -0.477 e. The van der Waals surface area contributed by atoms with Crippen molar-refractivity contribution in [1.29, 1.82) is 0 Å². The number of carbonyl (C=O) groups is 4. The third-order valence-corrected chi connectivity index (χ3v) is 22.2. The van der Waals surface area contributed by atoms with E-state index in [4.69, 9.17) is 56.8 Å². The molecule has 6 rings (SSSR count). The first-order chi connectivity index (χ1) is 55.0. The number of carbonyl (C=O) groups excluding carboxylic acids is 3. The molecular formula is C77H137N3O35. The maximum atomic E-state index is 13.6. The SMILES string of the molecule is CCCCCCCCCCCCC/C=C/[C@@H](O)[C@H](CO[C@@H]1OC(CO)[C@@H](O[C@@H]2OC(CO)[C@H](O)[C@H](O[C@@H]3OC(CO)[C@@H](O[C@@H]4OC(CO)[C@H](O)[C@H](O[C@]5(C(=O)O)CC(O)[C@@H](NC(C)=O)C([C@H](O)[C@H](O)CO)O5)C4O)[C@H](O[C@H]4OC(C)[C@@H](O)C(O)[C@@H]4O)C3NC(C)=O)C2O)[C@H](O)C1O)NC(=O)CCCCCCCCCCCCCCC. The molecule has 0 aliphatic carbocycles. The van der Waals surface area contributed by atoms with Crippen LogP contribution in [-0.4, -0.2) is 362 Å². The lowest BCUT2D eigenvalue weighted by atomic mass is 9.88. The van der Waals surface area contributed by atoms with Crippen molar-refractivity contribution < 1.29 is 173 Å². The van der Waals surface area contributed by atoms with Crippen LogP contribution in [-0.2, 0) is 76.0 Å². The molecule has 6 aliphatic rings. The highest BCUT2D eigenvalue weighted by atomic mass is 16.8. The molecule has 12 unspecified atom stereocenters. The molecule has 0 spiro atoms. The number of unbranched alkanes of at least 4 members (excludes halogenated alkanes) is 23. The monoisotopic (exact) mass is 1660 g/mol. The molecule has 38 heteroatoms. The number of rotatable bonds is 52. The van der Waals surface area contributed by atoms with Crippen molar-refractivity contribution in [3.8, 4) is 0 Å². The summed E-state index contributed by atoms with van der Waals surface area (Å²) >= 11 is 0. The van der Waals surface area contributed by atoms with Gasteiger partial charge in [0.1, 0.15) is 134 Å². The second kappa shape index (κ2) is 51.4. The Labute approximate surface area is 671 Å². The van der Waals surface area contributed by atoms with Crippen LogP contribution in [0.1, 0.15) is 208 Å². The Morgan fingerprint density at radius 3 is 1.42 bits per heavy atom. The van der Waals surface area contributed by atoms with E-state index in [1.54, 1.807) is 6.08 Å². The van der Waals surface area contributed by atoms with E-state index in [-0.39, 0.29) is 12.3 Å². The summed E-state index contributed by atoms with van der Waals surface area (Å²) < 4.78 is 72.1. The lowest BCUT2D eigenvalue weighted by Crippen LogP contribution is -2.72. The topological polar surface area (TPSA) is 600 Å². The average Bonchev–Trinajstić information content (AvgIpc) is 0.730. The number of carboxylic acids is 1. The Morgan fingerprint density at radius 1 is 0.470 bits per heavy atom. The van der Waals surface area contributed by atoms with E-state index in [0.717, 1.165) is 71.6 Å². The minimum absolute atomic E-state index is 0.151. The number of carboxylic acid groups (broad SMARTS) is 1. The third kappa shape index (κ3) is 29.3. The summed E-state index contributed by atoms with van der Waals surface area (Å²) in [6, 6.07) is -4.81. The number of ether oxygens (including phenoxy) is 12. The van der Waals surface area contributed by atoms with Gasteiger partial charge in [0.25, 0.3) is 5.79 Å². The molecule has 0 aromatic heterocycles. The van der Waals surface area contributed by atoms with Gasteiger partial charge in [-0.2, -0.15) is 0 Å². The number of aliphatic carboxylic acids is 1. The van der Waals surface area contributed by atoms with Crippen molar-refractivity contribution in [1.82, 2.24) is 16.0 Å². The van der Waals surface area contributed by atoms with Crippen LogP contribution in [0.4, 0.5) is 0 Å². The van der Waals surface area contributed by atoms with Gasteiger partial charge >= 0.3 is 5.97 Å². The highest BCUT2D eigenvalue weighted by Crippen LogP contribution is 2.41. The van der Waals surface area contributed by atoms with Crippen LogP contribution < -0.4 is 16.0 Å². The molecule has 670 valence electrons. The highest BCUT2D eigenvalue weighted by Gasteiger charge is 2.62. The van der Waals surface area contributed by atoms with E-state index >= 15 is 0 Å². The van der Waals surface area contributed by atoms with E-state index < -0.39 is 266 Å². The van der Waals surface area contributed by atoms with Gasteiger partial charge in [0, 0.05) is 26.7 Å². The summed E-state index contributed by atoms with van der Waals surface area (Å²) in [6.07, 6.45) is -29.0. The normalized spacial score (nSPS) is 37.1. The van der Waals surface area contributed by atoms with Gasteiger partial charge in [-0.05, 0) is 26.2 Å². The molecule has 3 amide bonds. The van der Waals surface area contributed by atoms with Crippen molar-refractivity contribution in [3.05, 3.63) is 12.2 Å². The fourth-order valence-electron chi connectivity index (χ4n) is 15.4. The van der Waals surface area contributed by atoms with Gasteiger partial charge in [0.05, 0.1) is 70.0 Å². The van der Waals surface area contributed by atoms with E-state index in [2.05, 4.69) is 29.8 Å². The predicted octanol–water partition coefficient (Wildman–Crippen LogP) is -2.97. The van der Waals surface area contributed by atoms with Crippen LogP contribution in [0.2, 0.25) is 0 Å². The van der Waals surface area contributed by atoms with Crippen molar-refractivity contribution >= 4 is 23.7 Å². The molecule has 0 saturated carbocycles. The first-order valence-corrected chi connectivity index (χ1v) is 41.5. The van der Waals surface area contributed by atoms with E-state index in [0.29, 0.717) is 12.8 Å². The molecule has 0 radical (unpaired) electrons. The zero-order chi connectivity index (χ0) is 84.6. The van der Waals surface area contributed by atoms with Crippen LogP contribution >= 0.6 is 0 Å². The molecule has 6 saturated heterocycles. The molecule has 22 N–H and O–H groups in total. The summed E-state index contributed by atoms with van der Waals surface area (Å²) in [4.78, 5) is 52.7. The summed E-state index contributed by atoms with van der Waals surface area (Å²) in [5, 5.41) is 221. The van der Waals surface area contributed by atoms with Gasteiger partial charge in [-0.1, -0.05) is 167 Å². The molecule has 38 nitrogen and oxygen atoms in total. The van der Waals surface area contributed by atoms with Gasteiger partial charge in [0.2, 0.25) is 17.7 Å². The van der Waals surface area contributed by atoms with Gasteiger partial charge in [-0.25, -0.2) is 4.79 Å². The molecule has 0 bridgehead atoms. The van der Waals surface area contributed by atoms with Crippen LogP contribution in [0.3, 0.4) is 0 Å². The maximum absolute atomic E-state index is 13.6. The van der Waals surface area contributed by atoms with Crippen molar-refractivity contribution in [2.75, 3.05) is 39.6 Å². The summed E-state index contributed by atoms with van der Waals surface area (Å²) in [6.45, 7) is 1.48. The molecule has 0 aromatic carbocycles. The van der Waals surface area contributed by atoms with Gasteiger partial charge in [-0.3, -0.25) is 14.4 Å². The van der Waals surface area contributed by atoms with E-state index in [1.165, 1.54) is 96.8 Å². The van der Waals surface area contributed by atoms with Gasteiger partial charge in [0.15, 0.2) is 31.5 Å². The first-order valence-electron chi connectivity index (χ1n) is 41.5. The smallest absolute Gasteiger partial charge is 0.364 e. The molecular weight excluding hydrogens is 1530 g/mol. The fraction of sp³-hybridized carbons (Fsp3) is 0.922. The number of nitrogens with one attached hydrogen (secondary N) is 3. The zero-order valence-corrected chi connectivity index (χ0v) is 67.0. The Morgan fingerprint density at radius 2 is 0.904 bits per heavy atom. The standard InChI is InChI=1S/C77H137N3O35/c1-6-8-10-12-14-16-18-20-22-24-26-28-30-32-45(88)44(80-52(91)33-31-29-27-25-23-21-19-17-15-13-11-9-7-2)40-104-72-62(99)60(97)65(50(38-84)109-72)110-74-63(100)69(57(94)48(36-82)106-74)113-71-54(79-43(5)87)68(112-73-61(98)59(96)55(92)41(3)105-73)66(51(39-85)108-71)111-75-64(101)70(58(95)49(37-83)107-75)115-77(76(102)103)34-46(89)53(78-42(4)86)67(114-77)56(93)47(90)35-81/h30,32,41,44-51,53-75,81-85,88-90,92-101H,6-29,31,33-40H2,1-5H3,(H,78,86)(H,79,87)(H,80,91)(H,102,103)/b32-30+/t41?,44-,45+,46?,47+,48?,49?,50?,51?,53+,54?,55+,56+,57-,58-,59?,60+,61-,62?,63?,64?,65+,66+,67?,68+,69-,70-,71-,72+,73+,74-,75-,77-/m0/s1. The molecule has 115 heavy (non-hydrogen) atoms. The molecule has 6 aliphatic heterocycles. The first kappa shape index (κ1) is 100. The summed E-state index contributed by atoms with van der Waals surface area (Å²) in [5.41, 5.74) is 0. The fourth-order valence-corrected chi connectivity index (χ4v) is 15.4. The quantitative estimate of drug-likeness (QED) is 0.0214. The predicted molar refractivity (Wildman–Crippen MR) is 400 cm³/mol. The largest absolute Gasteiger partial charge is 0.477 e. The van der Waals surface area contributed by atoms with Gasteiger partial charge in [-0.15, -0.1) is 0 Å². The lowest BCUT2D eigenvalue weighted by molar-refractivity contribution is -0.399. The number of allylic oxidation sites excluding steroid dienone is 1. The van der Waals surface area contributed by atoms with Crippen LogP contribution in [0, 0.1) is 0 Å². The summed E-state index contributed by atoms with van der Waals surface area (Å²) in [5.74, 6) is -7.57. The summed E-state index contributed by atoms with van der Waals surface area (Å²) in [7, 11) is 0. The van der Waals surface area contributed by atoms with Crippen molar-refractivity contribution in [2.24, 2.45) is 0 Å². The second-order valence-electron chi connectivity index (χ2n) is 31.4. The number of hydrogen-bond acceptors (Lipinski definition) is 34. The molecule has 6 fully saturated rings. The maximum Gasteiger partial charge on any atom is 0.364 e. The lowest BCUT2D eigenvalue weighted by Gasteiger charge is -2.52. The Kier molecular flexibility index (Phi) is 44.8. The average molecular weight is 1660 g/mol. The second-order valence-corrected chi connectivity index (χ2v) is 31.4. The van der Waals surface area contributed by atoms with Crippen LogP contribution in [0.5, 0.6) is 0 Å². The number of aliphatic hydroxyl groups is 18.